The van der Waals surface area contributed by atoms with Crippen molar-refractivity contribution in [1.29, 1.82) is 0 Å². The molecule has 9 aromatic rings. The average molecular weight is 697 g/mol. The van der Waals surface area contributed by atoms with E-state index < -0.39 is 0 Å². The Hall–Kier alpha value is -7.56. The summed E-state index contributed by atoms with van der Waals surface area (Å²) >= 11 is 1.30. The number of nitrogens with zero attached hydrogens (tertiary/aromatic N) is 9. The summed E-state index contributed by atoms with van der Waals surface area (Å²) in [4.78, 5) is 100. The number of Topliss-reactive ketones (excluding diaryl/α,β-unsaturated/α-hetero) is 1. The molecule has 0 saturated carbocycles. The van der Waals surface area contributed by atoms with Gasteiger partial charge in [-0.2, -0.15) is 10.1 Å². The monoisotopic (exact) mass is 696 g/mol. The molecule has 0 saturated heterocycles. The number of fused-ring (bicyclic) bond motifs is 5. The van der Waals surface area contributed by atoms with Gasteiger partial charge in [0.15, 0.2) is 28.9 Å². The number of aliphatic imine (C=N–C) groups is 1. The highest BCUT2D eigenvalue weighted by Crippen LogP contribution is 2.20. The van der Waals surface area contributed by atoms with Crippen molar-refractivity contribution in [3.05, 3.63) is 109 Å². The smallest absolute Gasteiger partial charge is 0.276 e. The molecule has 0 aromatic carbocycles. The summed E-state index contributed by atoms with van der Waals surface area (Å²) in [7, 11) is 0. The van der Waals surface area contributed by atoms with Gasteiger partial charge in [0.2, 0.25) is 17.4 Å². The molecule has 9 aromatic heterocycles. The van der Waals surface area contributed by atoms with Crippen LogP contribution in [-0.2, 0) is 0 Å². The Bertz CT molecular complexity index is 2480. The maximum absolute atomic E-state index is 10.9. The molecule has 0 fully saturated rings. The fourth-order valence-corrected chi connectivity index (χ4v) is 4.61. The predicted molar refractivity (Wildman–Crippen MR) is 177 cm³/mol. The number of carbonyl (C=O) groups excluding carboxylic acids is 1. The molecule has 10 rings (SSSR count). The molecule has 0 unspecified atom stereocenters. The van der Waals surface area contributed by atoms with Crippen LogP contribution in [0.2, 0.25) is 0 Å². The molecule has 50 heavy (non-hydrogen) atoms. The highest BCUT2D eigenvalue weighted by molar-refractivity contribution is 7.16. The Morgan fingerprint density at radius 3 is 2.06 bits per heavy atom. The second-order valence-electron chi connectivity index (χ2n) is 9.35. The van der Waals surface area contributed by atoms with Gasteiger partial charge >= 0.3 is 0 Å². The molecular weight excluding hydrogens is 676 g/mol. The number of thiazole rings is 1. The molecule has 23 heteroatoms. The molecule has 0 aliphatic carbocycles. The zero-order chi connectivity index (χ0) is 34.9. The van der Waals surface area contributed by atoms with Crippen LogP contribution in [0.3, 0.4) is 0 Å². The normalized spacial score (nSPS) is 11.4. The molecule has 7 N–H and O–H groups in total. The van der Waals surface area contributed by atoms with Crippen molar-refractivity contribution in [2.24, 2.45) is 4.99 Å². The molecule has 1 aliphatic heterocycles. The summed E-state index contributed by atoms with van der Waals surface area (Å²) in [6.45, 7) is 0. The fraction of sp³-hybridized carbons (Fsp3) is 0.0370. The Labute approximate surface area is 277 Å². The fourth-order valence-electron chi connectivity index (χ4n) is 3.97. The second-order valence-corrected chi connectivity index (χ2v) is 10.2. The lowest BCUT2D eigenvalue weighted by molar-refractivity contribution is 0.0974. The maximum atomic E-state index is 10.9. The van der Waals surface area contributed by atoms with Gasteiger partial charge < -0.3 is 34.3 Å². The van der Waals surface area contributed by atoms with Gasteiger partial charge in [-0.1, -0.05) is 0 Å². The number of aromatic amines is 7. The van der Waals surface area contributed by atoms with Crippen LogP contribution < -0.4 is 22.2 Å². The lowest BCUT2D eigenvalue weighted by Gasteiger charge is -1.96. The number of aromatic nitrogens is 15. The number of hydrogen-bond donors (Lipinski definition) is 7. The predicted octanol–water partition coefficient (Wildman–Crippen LogP) is 0.886. The van der Waals surface area contributed by atoms with Crippen molar-refractivity contribution in [3.63, 3.8) is 0 Å². The summed E-state index contributed by atoms with van der Waals surface area (Å²) in [6.07, 6.45) is 13.0. The standard InChI is InChI=1S/C6H5N3O.C6H4N2O2.2C5H4N4O.C5H3N3OS/c10-6-4-1-2-7-5(4)8-3-9-6;9-4-1-2-7-6-5(4)10-3-8-6;10-5-3-4(7-1-6-3)8-2-9-5;10-5-3-1-8-9-4(3)6-2-7-5;9-5-3-4(6-1-7-5)8-2-10-3/h1-3H,(H2,7,8,9,10);2-3H,1H2;2*1-2H,(H2,6,7,8,9,10);1-2H,(H,6,7,9). The molecule has 22 nitrogen and oxygen atoms in total. The Morgan fingerprint density at radius 1 is 0.660 bits per heavy atom. The van der Waals surface area contributed by atoms with Crippen LogP contribution in [0.5, 0.6) is 0 Å². The Balaban J connectivity index is 0.000000108. The Morgan fingerprint density at radius 2 is 1.34 bits per heavy atom. The number of hydrogen-bond acceptors (Lipinski definition) is 16. The molecule has 0 atom stereocenters. The second kappa shape index (κ2) is 14.9. The van der Waals surface area contributed by atoms with Gasteiger partial charge in [0.1, 0.15) is 15.7 Å². The van der Waals surface area contributed by atoms with E-state index in [1.807, 2.05) is 0 Å². The topological polar surface area (TPSA) is 324 Å². The van der Waals surface area contributed by atoms with Crippen LogP contribution in [0, 0.1) is 0 Å². The van der Waals surface area contributed by atoms with Crippen LogP contribution in [0.25, 0.3) is 43.6 Å². The third-order valence-electron chi connectivity index (χ3n) is 6.27. The summed E-state index contributed by atoms with van der Waals surface area (Å²) < 4.78 is 5.38. The number of oxazole rings is 1. The van der Waals surface area contributed by atoms with Crippen molar-refractivity contribution >= 4 is 72.7 Å². The molecular formula is C27H20N16O6S. The van der Waals surface area contributed by atoms with Crippen LogP contribution >= 0.6 is 11.3 Å². The van der Waals surface area contributed by atoms with E-state index in [0.29, 0.717) is 55.8 Å². The quantitative estimate of drug-likeness (QED) is 0.116. The maximum Gasteiger partial charge on any atom is 0.276 e. The van der Waals surface area contributed by atoms with Crippen molar-refractivity contribution < 1.29 is 9.21 Å². The first-order chi connectivity index (χ1) is 24.4. The molecule has 0 bridgehead atoms. The number of nitrogens with one attached hydrogen (secondary N) is 7. The van der Waals surface area contributed by atoms with Crippen molar-refractivity contribution in [2.75, 3.05) is 0 Å². The number of H-pyrrole nitrogens is 7. The molecule has 0 radical (unpaired) electrons. The number of imidazole rings is 1. The highest BCUT2D eigenvalue weighted by atomic mass is 32.1. The van der Waals surface area contributed by atoms with Crippen LogP contribution in [0.4, 0.5) is 5.82 Å². The van der Waals surface area contributed by atoms with E-state index in [2.05, 4.69) is 80.0 Å². The first-order valence-electron chi connectivity index (χ1n) is 13.9. The number of rotatable bonds is 0. The van der Waals surface area contributed by atoms with Crippen molar-refractivity contribution in [3.8, 4) is 0 Å². The average Bonchev–Trinajstić information content (AvgIpc) is 3.96. The number of ketones is 1. The van der Waals surface area contributed by atoms with Crippen molar-refractivity contribution in [1.82, 2.24) is 75.0 Å². The molecule has 1 aliphatic rings. The van der Waals surface area contributed by atoms with E-state index in [1.165, 1.54) is 61.8 Å². The highest BCUT2D eigenvalue weighted by Gasteiger charge is 2.18. The van der Waals surface area contributed by atoms with Gasteiger partial charge in [-0.3, -0.25) is 29.1 Å². The third kappa shape index (κ3) is 7.36. The van der Waals surface area contributed by atoms with Gasteiger partial charge in [0.05, 0.1) is 48.7 Å². The lowest BCUT2D eigenvalue weighted by atomic mass is 10.2. The zero-order valence-corrected chi connectivity index (χ0v) is 25.8. The van der Waals surface area contributed by atoms with Crippen LogP contribution in [-0.4, -0.2) is 87.0 Å². The van der Waals surface area contributed by atoms with Gasteiger partial charge in [0, 0.05) is 18.8 Å². The first kappa shape index (κ1) is 32.4. The van der Waals surface area contributed by atoms with Crippen LogP contribution in [0.1, 0.15) is 17.0 Å². The zero-order valence-electron chi connectivity index (χ0n) is 24.9. The summed E-state index contributed by atoms with van der Waals surface area (Å²) in [5, 5.41) is 7.32. The molecule has 10 heterocycles. The third-order valence-corrected chi connectivity index (χ3v) is 7.09. The van der Waals surface area contributed by atoms with Gasteiger partial charge in [-0.15, -0.1) is 11.3 Å². The van der Waals surface area contributed by atoms with Crippen molar-refractivity contribution in [2.45, 2.75) is 6.42 Å². The largest absolute Gasteiger partial charge is 0.438 e. The summed E-state index contributed by atoms with van der Waals surface area (Å²) in [5.74, 6) is 0.626. The summed E-state index contributed by atoms with van der Waals surface area (Å²) in [6, 6.07) is 1.70. The molecule has 0 spiro atoms. The first-order valence-corrected chi connectivity index (χ1v) is 14.8. The van der Waals surface area contributed by atoms with E-state index in [1.54, 1.807) is 17.8 Å². The Kier molecular flexibility index (Phi) is 9.65. The summed E-state index contributed by atoms with van der Waals surface area (Å²) in [5.41, 5.74) is 3.56. The van der Waals surface area contributed by atoms with E-state index in [0.717, 1.165) is 0 Å². The van der Waals surface area contributed by atoms with Gasteiger partial charge in [0.25, 0.3) is 22.2 Å². The van der Waals surface area contributed by atoms with Gasteiger partial charge in [-0.25, -0.2) is 34.9 Å². The lowest BCUT2D eigenvalue weighted by Crippen LogP contribution is -2.05. The minimum Gasteiger partial charge on any atom is -0.438 e. The van der Waals surface area contributed by atoms with E-state index in [9.17, 15) is 24.0 Å². The van der Waals surface area contributed by atoms with E-state index in [4.69, 9.17) is 4.42 Å². The SMILES string of the molecule is O=C1CC=Nc2ncoc21.O=c1[nH]cnc2[nH]ccc12.O=c1[nH]cnc2[nH]ncc12.O=c1[nH]cnc2nc[nH]c12.O=c1[nH]cnc2ncsc12. The van der Waals surface area contributed by atoms with Gasteiger partial charge in [-0.05, 0) is 6.07 Å². The van der Waals surface area contributed by atoms with Crippen LogP contribution in [0.15, 0.2) is 90.6 Å². The van der Waals surface area contributed by atoms with E-state index >= 15 is 0 Å². The van der Waals surface area contributed by atoms with E-state index in [-0.39, 0.29) is 33.8 Å². The molecule has 250 valence electrons. The molecule has 0 amide bonds. The minimum atomic E-state index is -0.192. The number of carbonyl (C=O) groups is 1. The minimum absolute atomic E-state index is 0.0532.